The molecule has 2 aromatic rings. The Bertz CT molecular complexity index is 812. The second-order valence-electron chi connectivity index (χ2n) is 8.51. The lowest BCUT2D eigenvalue weighted by atomic mass is 9.73. The van der Waals surface area contributed by atoms with Gasteiger partial charge < -0.3 is 14.7 Å². The molecule has 0 saturated carbocycles. The molecule has 7 heteroatoms. The molecule has 26 heavy (non-hydrogen) atoms. The normalized spacial score (nSPS) is 29.0. The molecule has 0 aromatic carbocycles. The summed E-state index contributed by atoms with van der Waals surface area (Å²) in [4.78, 5) is 19.0. The van der Waals surface area contributed by atoms with Gasteiger partial charge in [0.05, 0.1) is 11.8 Å². The molecule has 140 valence electrons. The number of amides is 1. The van der Waals surface area contributed by atoms with Crippen LogP contribution >= 0.6 is 0 Å². The van der Waals surface area contributed by atoms with E-state index in [1.807, 2.05) is 37.9 Å². The summed E-state index contributed by atoms with van der Waals surface area (Å²) in [5.74, 6) is 0. The molecule has 0 spiro atoms. The first-order valence-corrected chi connectivity index (χ1v) is 9.29. The zero-order valence-corrected chi connectivity index (χ0v) is 15.6. The maximum absolute atomic E-state index is 12.7. The molecule has 7 nitrogen and oxygen atoms in total. The van der Waals surface area contributed by atoms with Crippen LogP contribution in [0.15, 0.2) is 24.7 Å². The molecule has 2 fully saturated rings. The Labute approximate surface area is 153 Å². The van der Waals surface area contributed by atoms with E-state index >= 15 is 0 Å². The van der Waals surface area contributed by atoms with Crippen LogP contribution in [0.5, 0.6) is 0 Å². The van der Waals surface area contributed by atoms with Crippen LogP contribution in [0.1, 0.15) is 58.4 Å². The van der Waals surface area contributed by atoms with Gasteiger partial charge in [-0.3, -0.25) is 0 Å². The molecular formula is C19H26N4O3. The van der Waals surface area contributed by atoms with Crippen LogP contribution in [0.2, 0.25) is 0 Å². The van der Waals surface area contributed by atoms with Gasteiger partial charge in [0.2, 0.25) is 0 Å². The van der Waals surface area contributed by atoms with Crippen LogP contribution in [-0.4, -0.2) is 48.4 Å². The summed E-state index contributed by atoms with van der Waals surface area (Å²) in [6.45, 7) is 5.64. The van der Waals surface area contributed by atoms with E-state index in [9.17, 15) is 9.90 Å². The Morgan fingerprint density at radius 1 is 1.31 bits per heavy atom. The van der Waals surface area contributed by atoms with E-state index in [1.54, 1.807) is 16.9 Å². The number of piperidine rings is 2. The molecule has 2 saturated heterocycles. The molecule has 4 rings (SSSR count). The van der Waals surface area contributed by atoms with Crippen molar-refractivity contribution >= 4 is 11.7 Å². The molecule has 2 aromatic heterocycles. The Hall–Kier alpha value is -2.15. The highest BCUT2D eigenvalue weighted by molar-refractivity contribution is 5.69. The third kappa shape index (κ3) is 2.94. The van der Waals surface area contributed by atoms with Gasteiger partial charge >= 0.3 is 6.09 Å². The first kappa shape index (κ1) is 17.3. The molecule has 2 aliphatic heterocycles. The number of aliphatic hydroxyl groups is 1. The highest BCUT2D eigenvalue weighted by atomic mass is 16.6. The average Bonchev–Trinajstić information content (AvgIpc) is 2.97. The summed E-state index contributed by atoms with van der Waals surface area (Å²) >= 11 is 0. The molecule has 1 N–H and O–H groups in total. The van der Waals surface area contributed by atoms with Crippen molar-refractivity contribution in [1.82, 2.24) is 19.5 Å². The van der Waals surface area contributed by atoms with E-state index in [4.69, 9.17) is 4.74 Å². The molecule has 2 bridgehead atoms. The monoisotopic (exact) mass is 358 g/mol. The molecule has 0 aliphatic carbocycles. The minimum absolute atomic E-state index is 0.0268. The van der Waals surface area contributed by atoms with Crippen LogP contribution in [0.25, 0.3) is 5.65 Å². The lowest BCUT2D eigenvalue weighted by molar-refractivity contribution is -0.0959. The molecule has 4 heterocycles. The largest absolute Gasteiger partial charge is 0.444 e. The topological polar surface area (TPSA) is 80.0 Å². The van der Waals surface area contributed by atoms with Gasteiger partial charge in [0.15, 0.2) is 5.65 Å². The summed E-state index contributed by atoms with van der Waals surface area (Å²) in [5, 5.41) is 15.8. The van der Waals surface area contributed by atoms with E-state index in [1.165, 1.54) is 0 Å². The van der Waals surface area contributed by atoms with Gasteiger partial charge in [-0.2, -0.15) is 5.10 Å². The highest BCUT2D eigenvalue weighted by Gasteiger charge is 2.50. The van der Waals surface area contributed by atoms with Gasteiger partial charge in [0, 0.05) is 42.9 Å². The zero-order chi connectivity index (χ0) is 18.5. The lowest BCUT2D eigenvalue weighted by Gasteiger charge is -2.51. The Kier molecular flexibility index (Phi) is 3.95. The fourth-order valence-corrected chi connectivity index (χ4v) is 4.42. The van der Waals surface area contributed by atoms with Gasteiger partial charge in [-0.05, 0) is 46.1 Å². The lowest BCUT2D eigenvalue weighted by Crippen LogP contribution is -2.59. The average molecular weight is 358 g/mol. The van der Waals surface area contributed by atoms with Gasteiger partial charge in [0.1, 0.15) is 5.60 Å². The van der Waals surface area contributed by atoms with E-state index in [-0.39, 0.29) is 18.2 Å². The SMILES string of the molecule is CC(C)(C)OC(=O)N1C2CCCC1CC(O)(c1cnn3cccnc13)C2. The van der Waals surface area contributed by atoms with E-state index in [0.29, 0.717) is 18.5 Å². The minimum atomic E-state index is -1.02. The number of nitrogens with zero attached hydrogens (tertiary/aromatic N) is 4. The van der Waals surface area contributed by atoms with Gasteiger partial charge in [-0.25, -0.2) is 14.3 Å². The third-order valence-electron chi connectivity index (χ3n) is 5.39. The zero-order valence-electron chi connectivity index (χ0n) is 15.6. The summed E-state index contributed by atoms with van der Waals surface area (Å²) in [6, 6.07) is 1.76. The van der Waals surface area contributed by atoms with Crippen molar-refractivity contribution in [3.05, 3.63) is 30.2 Å². The smallest absolute Gasteiger partial charge is 0.410 e. The summed E-state index contributed by atoms with van der Waals surface area (Å²) < 4.78 is 7.30. The number of aromatic nitrogens is 3. The molecule has 2 unspecified atom stereocenters. The first-order valence-electron chi connectivity index (χ1n) is 9.29. The van der Waals surface area contributed by atoms with Crippen LogP contribution in [0.3, 0.4) is 0 Å². The molecule has 1 amide bonds. The quantitative estimate of drug-likeness (QED) is 0.848. The predicted octanol–water partition coefficient (Wildman–Crippen LogP) is 2.87. The number of hydrogen-bond acceptors (Lipinski definition) is 5. The second-order valence-corrected chi connectivity index (χ2v) is 8.51. The van der Waals surface area contributed by atoms with Crippen molar-refractivity contribution in [3.63, 3.8) is 0 Å². The van der Waals surface area contributed by atoms with Crippen LogP contribution in [-0.2, 0) is 10.3 Å². The maximum Gasteiger partial charge on any atom is 0.410 e. The standard InChI is InChI=1S/C19H26N4O3/c1-18(2,3)26-17(24)23-13-6-4-7-14(23)11-19(25,10-13)15-12-21-22-9-5-8-20-16(15)22/h5,8-9,12-14,25H,4,6-7,10-11H2,1-3H3. The summed E-state index contributed by atoms with van der Waals surface area (Å²) in [5.41, 5.74) is -0.117. The van der Waals surface area contributed by atoms with Gasteiger partial charge in [0.25, 0.3) is 0 Å². The number of carbonyl (C=O) groups is 1. The molecule has 2 aliphatic rings. The minimum Gasteiger partial charge on any atom is -0.444 e. The van der Waals surface area contributed by atoms with E-state index in [0.717, 1.165) is 24.8 Å². The number of carbonyl (C=O) groups excluding carboxylic acids is 1. The highest BCUT2D eigenvalue weighted by Crippen LogP contribution is 2.45. The van der Waals surface area contributed by atoms with Crippen molar-refractivity contribution in [2.45, 2.75) is 76.2 Å². The van der Waals surface area contributed by atoms with Crippen molar-refractivity contribution in [3.8, 4) is 0 Å². The van der Waals surface area contributed by atoms with Crippen molar-refractivity contribution < 1.29 is 14.6 Å². The van der Waals surface area contributed by atoms with Gasteiger partial charge in [-0.15, -0.1) is 0 Å². The van der Waals surface area contributed by atoms with E-state index in [2.05, 4.69) is 10.1 Å². The van der Waals surface area contributed by atoms with Gasteiger partial charge in [-0.1, -0.05) is 0 Å². The predicted molar refractivity (Wildman–Crippen MR) is 95.6 cm³/mol. The number of ether oxygens (including phenoxy) is 1. The Morgan fingerprint density at radius 3 is 2.65 bits per heavy atom. The number of hydrogen-bond donors (Lipinski definition) is 1. The van der Waals surface area contributed by atoms with Crippen LogP contribution < -0.4 is 0 Å². The Morgan fingerprint density at radius 2 is 2.00 bits per heavy atom. The summed E-state index contributed by atoms with van der Waals surface area (Å²) in [7, 11) is 0. The third-order valence-corrected chi connectivity index (χ3v) is 5.39. The second kappa shape index (κ2) is 5.94. The van der Waals surface area contributed by atoms with Crippen molar-refractivity contribution in [1.29, 1.82) is 0 Å². The van der Waals surface area contributed by atoms with Crippen LogP contribution in [0.4, 0.5) is 4.79 Å². The van der Waals surface area contributed by atoms with Crippen molar-refractivity contribution in [2.75, 3.05) is 0 Å². The number of fused-ring (bicyclic) bond motifs is 3. The molecule has 2 atom stereocenters. The molecule has 0 radical (unpaired) electrons. The summed E-state index contributed by atoms with van der Waals surface area (Å²) in [6.07, 6.45) is 8.77. The fraction of sp³-hybridized carbons (Fsp3) is 0.632. The Balaban J connectivity index is 1.64. The number of rotatable bonds is 1. The van der Waals surface area contributed by atoms with E-state index < -0.39 is 11.2 Å². The maximum atomic E-state index is 12.7. The first-order chi connectivity index (χ1) is 12.3. The molecular weight excluding hydrogens is 332 g/mol. The van der Waals surface area contributed by atoms with Crippen molar-refractivity contribution in [2.24, 2.45) is 0 Å². The fourth-order valence-electron chi connectivity index (χ4n) is 4.42. The van der Waals surface area contributed by atoms with Crippen LogP contribution in [0, 0.1) is 0 Å².